The molecule has 22 heavy (non-hydrogen) atoms. The fourth-order valence-corrected chi connectivity index (χ4v) is 2.47. The Labute approximate surface area is 124 Å². The topological polar surface area (TPSA) is 157 Å². The van der Waals surface area contributed by atoms with E-state index in [1.165, 1.54) is 17.2 Å². The number of anilines is 1. The molecule has 3 N–H and O–H groups in total. The standard InChI is InChI=1S/C11H13N8O3/c1-21-2-5-6(17-18-13)8(20)11(22-5)19-4-16-7-9(12)14-3-15-10(7)19/h3-6,8,11,20H,1-2H2,(H2,12,14,15). The summed E-state index contributed by atoms with van der Waals surface area (Å²) in [6.07, 6.45) is 0.160. The molecule has 4 unspecified atom stereocenters. The summed E-state index contributed by atoms with van der Waals surface area (Å²) in [6.45, 7) is 0.0704. The zero-order valence-electron chi connectivity index (χ0n) is 11.3. The second kappa shape index (κ2) is 5.73. The molecule has 4 atom stereocenters. The highest BCUT2D eigenvalue weighted by atomic mass is 16.6. The second-order valence-corrected chi connectivity index (χ2v) is 4.70. The minimum atomic E-state index is -1.09. The van der Waals surface area contributed by atoms with Gasteiger partial charge >= 0.3 is 0 Å². The Morgan fingerprint density at radius 1 is 1.55 bits per heavy atom. The maximum Gasteiger partial charge on any atom is 0.167 e. The average Bonchev–Trinajstić information content (AvgIpc) is 3.05. The fraction of sp³-hybridized carbons (Fsp3) is 0.455. The van der Waals surface area contributed by atoms with Gasteiger partial charge in [0.05, 0.1) is 32.2 Å². The number of nitrogens with two attached hydrogens (primary N) is 1. The van der Waals surface area contributed by atoms with Gasteiger partial charge in [0.25, 0.3) is 0 Å². The van der Waals surface area contributed by atoms with Crippen LogP contribution in [0.5, 0.6) is 0 Å². The summed E-state index contributed by atoms with van der Waals surface area (Å²) in [4.78, 5) is 14.8. The lowest BCUT2D eigenvalue weighted by atomic mass is 10.1. The van der Waals surface area contributed by atoms with Crippen LogP contribution in [0.1, 0.15) is 6.23 Å². The summed E-state index contributed by atoms with van der Waals surface area (Å²) in [5.74, 6) is 0.223. The van der Waals surface area contributed by atoms with Gasteiger partial charge in [0.15, 0.2) is 17.7 Å². The van der Waals surface area contributed by atoms with Gasteiger partial charge in [-0.15, -0.1) is 0 Å². The number of hydrogen-bond acceptors (Lipinski definition) is 8. The minimum Gasteiger partial charge on any atom is -0.388 e. The molecule has 3 rings (SSSR count). The normalized spacial score (nSPS) is 27.9. The van der Waals surface area contributed by atoms with Crippen molar-refractivity contribution in [2.75, 3.05) is 12.3 Å². The molecule has 0 bridgehead atoms. The van der Waals surface area contributed by atoms with E-state index in [0.29, 0.717) is 11.2 Å². The molecular weight excluding hydrogens is 292 g/mol. The largest absolute Gasteiger partial charge is 0.388 e. The van der Waals surface area contributed by atoms with Crippen molar-refractivity contribution in [3.8, 4) is 0 Å². The molecule has 11 heteroatoms. The molecule has 1 fully saturated rings. The predicted octanol–water partition coefficient (Wildman–Crippen LogP) is 0.154. The van der Waals surface area contributed by atoms with Gasteiger partial charge in [-0.05, 0) is 5.53 Å². The lowest BCUT2D eigenvalue weighted by Gasteiger charge is -2.16. The molecule has 2 aromatic heterocycles. The zero-order valence-corrected chi connectivity index (χ0v) is 11.3. The van der Waals surface area contributed by atoms with Gasteiger partial charge in [-0.3, -0.25) is 4.57 Å². The Hall–Kier alpha value is -2.46. The van der Waals surface area contributed by atoms with Crippen LogP contribution in [-0.4, -0.2) is 49.5 Å². The van der Waals surface area contributed by atoms with Crippen LogP contribution in [0.3, 0.4) is 0 Å². The van der Waals surface area contributed by atoms with Gasteiger partial charge in [-0.25, -0.2) is 15.0 Å². The Morgan fingerprint density at radius 3 is 3.09 bits per heavy atom. The minimum absolute atomic E-state index is 0.0704. The number of nitrogen functional groups attached to an aromatic ring is 1. The maximum absolute atomic E-state index is 10.4. The lowest BCUT2D eigenvalue weighted by molar-refractivity contribution is -0.0510. The van der Waals surface area contributed by atoms with Crippen molar-refractivity contribution < 1.29 is 14.6 Å². The highest BCUT2D eigenvalue weighted by molar-refractivity contribution is 5.81. The smallest absolute Gasteiger partial charge is 0.167 e. The van der Waals surface area contributed by atoms with Crippen LogP contribution in [0, 0.1) is 7.11 Å². The van der Waals surface area contributed by atoms with Crippen LogP contribution < -0.4 is 5.73 Å². The number of rotatable bonds is 4. The molecule has 115 valence electrons. The summed E-state index contributed by atoms with van der Waals surface area (Å²) in [6, 6.07) is -0.812. The van der Waals surface area contributed by atoms with Crippen molar-refractivity contribution in [1.82, 2.24) is 19.5 Å². The summed E-state index contributed by atoms with van der Waals surface area (Å²) < 4.78 is 12.0. The third kappa shape index (κ3) is 2.22. The summed E-state index contributed by atoms with van der Waals surface area (Å²) in [7, 11) is 3.27. The van der Waals surface area contributed by atoms with Gasteiger partial charge in [-0.1, -0.05) is 5.11 Å². The molecule has 11 nitrogen and oxygen atoms in total. The number of ether oxygens (including phenoxy) is 2. The Bertz CT molecular complexity index is 727. The zero-order chi connectivity index (χ0) is 15.7. The summed E-state index contributed by atoms with van der Waals surface area (Å²) in [5.41, 5.74) is 15.2. The molecule has 3 heterocycles. The van der Waals surface area contributed by atoms with Crippen LogP contribution in [0.2, 0.25) is 0 Å². The first kappa shape index (κ1) is 14.5. The molecule has 1 aliphatic rings. The van der Waals surface area contributed by atoms with Crippen molar-refractivity contribution in [2.45, 2.75) is 24.5 Å². The lowest BCUT2D eigenvalue weighted by Crippen LogP contribution is -2.31. The van der Waals surface area contributed by atoms with Crippen LogP contribution in [0.15, 0.2) is 17.8 Å². The number of aliphatic hydroxyl groups is 1. The van der Waals surface area contributed by atoms with Crippen molar-refractivity contribution in [1.29, 1.82) is 0 Å². The Kier molecular flexibility index (Phi) is 3.77. The van der Waals surface area contributed by atoms with E-state index in [9.17, 15) is 5.11 Å². The number of hydrogen-bond donors (Lipinski definition) is 2. The van der Waals surface area contributed by atoms with Crippen LogP contribution in [0.25, 0.3) is 21.6 Å². The highest BCUT2D eigenvalue weighted by Crippen LogP contribution is 2.33. The van der Waals surface area contributed by atoms with Crippen LogP contribution >= 0.6 is 0 Å². The molecule has 0 saturated carbocycles. The van der Waals surface area contributed by atoms with Gasteiger partial charge in [0.1, 0.15) is 17.9 Å². The first-order chi connectivity index (χ1) is 10.7. The van der Waals surface area contributed by atoms with E-state index in [2.05, 4.69) is 32.1 Å². The number of aliphatic hydroxyl groups excluding tert-OH is 1. The first-order valence-corrected chi connectivity index (χ1v) is 6.35. The summed E-state index contributed by atoms with van der Waals surface area (Å²) >= 11 is 0. The maximum atomic E-state index is 10.4. The van der Waals surface area contributed by atoms with E-state index in [1.807, 2.05) is 0 Å². The number of fused-ring (bicyclic) bond motifs is 1. The van der Waals surface area contributed by atoms with E-state index in [4.69, 9.17) is 20.7 Å². The molecular formula is C11H13N8O3. The van der Waals surface area contributed by atoms with E-state index < -0.39 is 24.5 Å². The molecule has 0 aliphatic carbocycles. The van der Waals surface area contributed by atoms with E-state index in [-0.39, 0.29) is 12.4 Å². The van der Waals surface area contributed by atoms with Gasteiger partial charge < -0.3 is 20.3 Å². The fourth-order valence-electron chi connectivity index (χ4n) is 2.47. The van der Waals surface area contributed by atoms with Crippen molar-refractivity contribution >= 4 is 17.0 Å². The SMILES string of the molecule is [CH2]OCC1OC(n2cnc3c(N)ncnc32)C(O)C1N=[N+]=[N-]. The molecule has 1 radical (unpaired) electrons. The van der Waals surface area contributed by atoms with Crippen LogP contribution in [0.4, 0.5) is 5.82 Å². The molecule has 0 spiro atoms. The molecule has 0 amide bonds. The van der Waals surface area contributed by atoms with E-state index in [1.54, 1.807) is 0 Å². The third-order valence-electron chi connectivity index (χ3n) is 3.47. The summed E-state index contributed by atoms with van der Waals surface area (Å²) in [5, 5.41) is 14.0. The van der Waals surface area contributed by atoms with E-state index in [0.717, 1.165) is 0 Å². The molecule has 2 aromatic rings. The molecule has 1 aliphatic heterocycles. The molecule has 0 aromatic carbocycles. The van der Waals surface area contributed by atoms with Crippen LogP contribution in [-0.2, 0) is 9.47 Å². The van der Waals surface area contributed by atoms with Gasteiger partial charge in [-0.2, -0.15) is 0 Å². The highest BCUT2D eigenvalue weighted by Gasteiger charge is 2.44. The number of azide groups is 1. The Balaban J connectivity index is 2.00. The first-order valence-electron chi connectivity index (χ1n) is 6.35. The number of aromatic nitrogens is 4. The third-order valence-corrected chi connectivity index (χ3v) is 3.47. The van der Waals surface area contributed by atoms with E-state index >= 15 is 0 Å². The average molecular weight is 305 g/mol. The van der Waals surface area contributed by atoms with Gasteiger partial charge in [0, 0.05) is 4.91 Å². The van der Waals surface area contributed by atoms with Crippen molar-refractivity contribution in [2.24, 2.45) is 5.11 Å². The monoisotopic (exact) mass is 305 g/mol. The van der Waals surface area contributed by atoms with Crippen molar-refractivity contribution in [3.05, 3.63) is 30.2 Å². The molecule has 1 saturated heterocycles. The number of imidazole rings is 1. The quantitative estimate of drug-likeness (QED) is 0.462. The predicted molar refractivity (Wildman–Crippen MR) is 73.9 cm³/mol. The number of nitrogens with zero attached hydrogens (tertiary/aromatic N) is 7. The van der Waals surface area contributed by atoms with Crippen molar-refractivity contribution in [3.63, 3.8) is 0 Å². The second-order valence-electron chi connectivity index (χ2n) is 4.70. The van der Waals surface area contributed by atoms with Gasteiger partial charge in [0.2, 0.25) is 0 Å². The Morgan fingerprint density at radius 2 is 2.36 bits per heavy atom.